The first kappa shape index (κ1) is 16.4. The van der Waals surface area contributed by atoms with Gasteiger partial charge in [0.05, 0.1) is 6.20 Å². The van der Waals surface area contributed by atoms with Crippen LogP contribution in [0.3, 0.4) is 0 Å². The molecule has 0 radical (unpaired) electrons. The molecule has 1 saturated heterocycles. The lowest BCUT2D eigenvalue weighted by molar-refractivity contribution is 0.0947. The smallest absolute Gasteiger partial charge is 0.251 e. The van der Waals surface area contributed by atoms with Crippen LogP contribution in [-0.2, 0) is 0 Å². The Morgan fingerprint density at radius 1 is 1.17 bits per heavy atom. The van der Waals surface area contributed by atoms with Gasteiger partial charge in [-0.05, 0) is 36.4 Å². The predicted molar refractivity (Wildman–Crippen MR) is 92.4 cm³/mol. The van der Waals surface area contributed by atoms with Gasteiger partial charge in [-0.25, -0.2) is 0 Å². The fourth-order valence-electron chi connectivity index (χ4n) is 2.58. The largest absolute Gasteiger partial charge is 0.456 e. The number of rotatable bonds is 6. The van der Waals surface area contributed by atoms with Crippen molar-refractivity contribution in [2.75, 3.05) is 39.3 Å². The van der Waals surface area contributed by atoms with Crippen LogP contribution in [0.2, 0.25) is 0 Å². The molecule has 0 spiro atoms. The second-order valence-electron chi connectivity index (χ2n) is 5.66. The van der Waals surface area contributed by atoms with Crippen LogP contribution in [0.5, 0.6) is 11.5 Å². The Balaban J connectivity index is 1.46. The third-order valence-electron chi connectivity index (χ3n) is 3.91. The lowest BCUT2D eigenvalue weighted by Crippen LogP contribution is -2.46. The lowest BCUT2D eigenvalue weighted by Gasteiger charge is -2.27. The van der Waals surface area contributed by atoms with Gasteiger partial charge in [0, 0.05) is 51.0 Å². The third kappa shape index (κ3) is 4.78. The maximum Gasteiger partial charge on any atom is 0.251 e. The zero-order valence-corrected chi connectivity index (χ0v) is 13.6. The average Bonchev–Trinajstić information content (AvgIpc) is 2.64. The van der Waals surface area contributed by atoms with Crippen LogP contribution in [0.25, 0.3) is 0 Å². The zero-order chi connectivity index (χ0) is 16.6. The number of ether oxygens (including phenoxy) is 1. The topological polar surface area (TPSA) is 66.5 Å². The van der Waals surface area contributed by atoms with E-state index in [0.29, 0.717) is 23.6 Å². The van der Waals surface area contributed by atoms with Gasteiger partial charge in [-0.1, -0.05) is 0 Å². The minimum atomic E-state index is -0.0573. The van der Waals surface area contributed by atoms with E-state index in [0.717, 1.165) is 32.7 Å². The first-order valence-electron chi connectivity index (χ1n) is 8.20. The van der Waals surface area contributed by atoms with Crippen molar-refractivity contribution in [1.29, 1.82) is 0 Å². The summed E-state index contributed by atoms with van der Waals surface area (Å²) >= 11 is 0. The van der Waals surface area contributed by atoms with Crippen LogP contribution in [0.15, 0.2) is 48.8 Å². The number of nitrogens with zero attached hydrogens (tertiary/aromatic N) is 2. The molecular weight excluding hydrogens is 304 g/mol. The van der Waals surface area contributed by atoms with E-state index in [-0.39, 0.29) is 5.91 Å². The number of piperazine rings is 1. The predicted octanol–water partition coefficient (Wildman–Crippen LogP) is 1.51. The molecular formula is C18H22N4O2. The highest BCUT2D eigenvalue weighted by Gasteiger charge is 2.10. The summed E-state index contributed by atoms with van der Waals surface area (Å²) in [7, 11) is 0. The van der Waals surface area contributed by atoms with Gasteiger partial charge >= 0.3 is 0 Å². The monoisotopic (exact) mass is 326 g/mol. The number of carbonyl (C=O) groups excluding carboxylic acids is 1. The first-order valence-corrected chi connectivity index (χ1v) is 8.20. The first-order chi connectivity index (χ1) is 11.8. The molecule has 2 N–H and O–H groups in total. The molecule has 2 aromatic rings. The highest BCUT2D eigenvalue weighted by molar-refractivity contribution is 5.94. The normalized spacial score (nSPS) is 15.0. The van der Waals surface area contributed by atoms with E-state index in [9.17, 15) is 4.79 Å². The molecule has 0 unspecified atom stereocenters. The minimum absolute atomic E-state index is 0.0573. The second kappa shape index (κ2) is 8.42. The Hall–Kier alpha value is -2.44. The van der Waals surface area contributed by atoms with Gasteiger partial charge in [-0.3, -0.25) is 14.7 Å². The van der Waals surface area contributed by atoms with Gasteiger partial charge in [0.1, 0.15) is 11.5 Å². The highest BCUT2D eigenvalue weighted by Crippen LogP contribution is 2.20. The quantitative estimate of drug-likeness (QED) is 0.842. The molecule has 24 heavy (non-hydrogen) atoms. The number of hydrogen-bond acceptors (Lipinski definition) is 5. The van der Waals surface area contributed by atoms with Gasteiger partial charge in [0.25, 0.3) is 5.91 Å². The van der Waals surface area contributed by atoms with Crippen molar-refractivity contribution in [3.63, 3.8) is 0 Å². The van der Waals surface area contributed by atoms with Gasteiger partial charge in [0.2, 0.25) is 0 Å². The van der Waals surface area contributed by atoms with E-state index in [1.807, 2.05) is 12.1 Å². The number of benzene rings is 1. The molecule has 0 atom stereocenters. The SMILES string of the molecule is O=C(NCCN1CCNCC1)c1ccc(Oc2cccnc2)cc1. The van der Waals surface area contributed by atoms with Gasteiger partial charge in [-0.2, -0.15) is 0 Å². The third-order valence-corrected chi connectivity index (χ3v) is 3.91. The van der Waals surface area contributed by atoms with E-state index in [4.69, 9.17) is 4.74 Å². The van der Waals surface area contributed by atoms with Crippen LogP contribution in [0, 0.1) is 0 Å². The van der Waals surface area contributed by atoms with Crippen molar-refractivity contribution in [3.8, 4) is 11.5 Å². The number of aromatic nitrogens is 1. The van der Waals surface area contributed by atoms with Gasteiger partial charge < -0.3 is 15.4 Å². The van der Waals surface area contributed by atoms with Crippen molar-refractivity contribution in [1.82, 2.24) is 20.5 Å². The molecule has 6 heteroatoms. The van der Waals surface area contributed by atoms with E-state index in [1.54, 1.807) is 36.7 Å². The molecule has 0 saturated carbocycles. The lowest BCUT2D eigenvalue weighted by atomic mass is 10.2. The number of pyridine rings is 1. The number of hydrogen-bond donors (Lipinski definition) is 2. The van der Waals surface area contributed by atoms with Crippen LogP contribution in [0.1, 0.15) is 10.4 Å². The molecule has 0 bridgehead atoms. The van der Waals surface area contributed by atoms with Crippen molar-refractivity contribution in [2.24, 2.45) is 0 Å². The molecule has 1 aromatic heterocycles. The van der Waals surface area contributed by atoms with Crippen molar-refractivity contribution >= 4 is 5.91 Å². The summed E-state index contributed by atoms with van der Waals surface area (Å²) in [5, 5.41) is 6.28. The van der Waals surface area contributed by atoms with Crippen LogP contribution in [0.4, 0.5) is 0 Å². The zero-order valence-electron chi connectivity index (χ0n) is 13.6. The highest BCUT2D eigenvalue weighted by atomic mass is 16.5. The summed E-state index contributed by atoms with van der Waals surface area (Å²) in [6.07, 6.45) is 3.34. The fraction of sp³-hybridized carbons (Fsp3) is 0.333. The Morgan fingerprint density at radius 3 is 2.67 bits per heavy atom. The van der Waals surface area contributed by atoms with Crippen LogP contribution in [-0.4, -0.2) is 55.1 Å². The molecule has 1 aromatic carbocycles. The molecule has 1 amide bonds. The molecule has 126 valence electrons. The van der Waals surface area contributed by atoms with E-state index in [2.05, 4.69) is 20.5 Å². The standard InChI is InChI=1S/C18H22N4O2/c23-18(21-10-13-22-11-8-19-9-12-22)15-3-5-16(6-4-15)24-17-2-1-7-20-14-17/h1-7,14,19H,8-13H2,(H,21,23). The van der Waals surface area contributed by atoms with Crippen LogP contribution < -0.4 is 15.4 Å². The number of carbonyl (C=O) groups is 1. The summed E-state index contributed by atoms with van der Waals surface area (Å²) in [5.41, 5.74) is 0.633. The molecule has 1 fully saturated rings. The van der Waals surface area contributed by atoms with E-state index in [1.165, 1.54) is 0 Å². The maximum atomic E-state index is 12.2. The van der Waals surface area contributed by atoms with Gasteiger partial charge in [0.15, 0.2) is 0 Å². The van der Waals surface area contributed by atoms with E-state index >= 15 is 0 Å². The summed E-state index contributed by atoms with van der Waals surface area (Å²) in [6.45, 7) is 5.66. The Labute approximate surface area is 141 Å². The fourth-order valence-corrected chi connectivity index (χ4v) is 2.58. The summed E-state index contributed by atoms with van der Waals surface area (Å²) in [4.78, 5) is 18.5. The Morgan fingerprint density at radius 2 is 1.96 bits per heavy atom. The Kier molecular flexibility index (Phi) is 5.76. The minimum Gasteiger partial charge on any atom is -0.456 e. The maximum absolute atomic E-state index is 12.2. The van der Waals surface area contributed by atoms with Crippen molar-refractivity contribution < 1.29 is 9.53 Å². The molecule has 1 aliphatic heterocycles. The van der Waals surface area contributed by atoms with Gasteiger partial charge in [-0.15, -0.1) is 0 Å². The summed E-state index contributed by atoms with van der Waals surface area (Å²) in [6, 6.07) is 10.8. The molecule has 6 nitrogen and oxygen atoms in total. The number of nitrogens with one attached hydrogen (secondary N) is 2. The molecule has 1 aliphatic rings. The number of amides is 1. The molecule has 2 heterocycles. The molecule has 3 rings (SSSR count). The molecule has 0 aliphatic carbocycles. The van der Waals surface area contributed by atoms with Crippen molar-refractivity contribution in [2.45, 2.75) is 0 Å². The average molecular weight is 326 g/mol. The second-order valence-corrected chi connectivity index (χ2v) is 5.66. The summed E-state index contributed by atoms with van der Waals surface area (Å²) < 4.78 is 5.67. The van der Waals surface area contributed by atoms with Crippen LogP contribution >= 0.6 is 0 Å². The summed E-state index contributed by atoms with van der Waals surface area (Å²) in [5.74, 6) is 1.30. The van der Waals surface area contributed by atoms with Crippen molar-refractivity contribution in [3.05, 3.63) is 54.4 Å². The Bertz CT molecular complexity index is 640. The van der Waals surface area contributed by atoms with E-state index < -0.39 is 0 Å².